The van der Waals surface area contributed by atoms with Gasteiger partial charge in [-0.05, 0) is 29.8 Å². The summed E-state index contributed by atoms with van der Waals surface area (Å²) in [4.78, 5) is 23.2. The number of methoxy groups -OCH3 is 1. The van der Waals surface area contributed by atoms with Gasteiger partial charge in [0.15, 0.2) is 5.75 Å². The van der Waals surface area contributed by atoms with Gasteiger partial charge in [0.1, 0.15) is 0 Å². The van der Waals surface area contributed by atoms with Crippen molar-refractivity contribution in [1.29, 1.82) is 0 Å². The minimum atomic E-state index is -0.527. The van der Waals surface area contributed by atoms with Crippen molar-refractivity contribution in [3.8, 4) is 11.4 Å². The predicted molar refractivity (Wildman–Crippen MR) is 94.4 cm³/mol. The molecule has 1 aromatic heterocycles. The maximum atomic E-state index is 12.6. The molecule has 0 saturated heterocycles. The van der Waals surface area contributed by atoms with Crippen molar-refractivity contribution < 1.29 is 9.66 Å². The summed E-state index contributed by atoms with van der Waals surface area (Å²) in [6.45, 7) is 3.85. The first-order valence-corrected chi connectivity index (χ1v) is 7.41. The van der Waals surface area contributed by atoms with Gasteiger partial charge >= 0.3 is 5.69 Å². The van der Waals surface area contributed by atoms with Gasteiger partial charge in [-0.25, -0.2) is 4.68 Å². The highest BCUT2D eigenvalue weighted by Crippen LogP contribution is 2.27. The highest BCUT2D eigenvalue weighted by Gasteiger charge is 2.14. The summed E-state index contributed by atoms with van der Waals surface area (Å²) in [5.74, 6) is 0.160. The first-order chi connectivity index (χ1) is 12.0. The Kier molecular flexibility index (Phi) is 4.21. The molecule has 1 N–H and O–H groups in total. The number of nitrogens with zero attached hydrogens (tertiary/aromatic N) is 2. The highest BCUT2D eigenvalue weighted by molar-refractivity contribution is 5.58. The van der Waals surface area contributed by atoms with Crippen molar-refractivity contribution in [2.75, 3.05) is 7.11 Å². The predicted octanol–water partition coefficient (Wildman–Crippen LogP) is 1.32. The van der Waals surface area contributed by atoms with E-state index in [0.29, 0.717) is 21.8 Å². The lowest BCUT2D eigenvalue weighted by molar-refractivity contribution is -0.385. The Labute approximate surface area is 142 Å². The van der Waals surface area contributed by atoms with E-state index in [4.69, 9.17) is 4.74 Å². The van der Waals surface area contributed by atoms with Crippen LogP contribution in [0.5, 0.6) is 5.75 Å². The van der Waals surface area contributed by atoms with E-state index >= 15 is 0 Å². The van der Waals surface area contributed by atoms with Crippen LogP contribution in [-0.4, -0.2) is 21.8 Å². The van der Waals surface area contributed by atoms with Crippen LogP contribution in [0.15, 0.2) is 53.3 Å². The van der Waals surface area contributed by atoms with E-state index in [9.17, 15) is 14.9 Å². The van der Waals surface area contributed by atoms with E-state index in [1.54, 1.807) is 24.3 Å². The molecule has 0 aliphatic heterocycles. The smallest absolute Gasteiger partial charge is 0.311 e. The monoisotopic (exact) mass is 337 g/mol. The van der Waals surface area contributed by atoms with Gasteiger partial charge in [-0.1, -0.05) is 30.8 Å². The average molecular weight is 337 g/mol. The first-order valence-electron chi connectivity index (χ1n) is 7.41. The summed E-state index contributed by atoms with van der Waals surface area (Å²) in [5.41, 5.74) is 0.738. The van der Waals surface area contributed by atoms with Crippen molar-refractivity contribution in [1.82, 2.24) is 9.78 Å². The molecule has 0 unspecified atom stereocenters. The van der Waals surface area contributed by atoms with Crippen molar-refractivity contribution in [2.45, 2.75) is 0 Å². The zero-order chi connectivity index (χ0) is 18.0. The van der Waals surface area contributed by atoms with Crippen LogP contribution in [-0.2, 0) is 0 Å². The van der Waals surface area contributed by atoms with Crippen LogP contribution in [0, 0.1) is 10.1 Å². The summed E-state index contributed by atoms with van der Waals surface area (Å²) >= 11 is 0. The Morgan fingerprint density at radius 2 is 1.96 bits per heavy atom. The lowest BCUT2D eigenvalue weighted by atomic mass is 10.1. The number of aromatic amines is 1. The largest absolute Gasteiger partial charge is 0.490 e. The molecule has 7 nitrogen and oxygen atoms in total. The topological polar surface area (TPSA) is 90.2 Å². The molecule has 25 heavy (non-hydrogen) atoms. The van der Waals surface area contributed by atoms with Gasteiger partial charge in [-0.3, -0.25) is 20.0 Å². The standard InChI is InChI=1S/C18H15N3O4/c1-12-15(18(22)20(19-12)14-6-4-3-5-7-14)10-13-8-9-17(25-2)16(11-13)21(23)24/h3-11,19H,1H2,2H3. The fraction of sp³-hybridized carbons (Fsp3) is 0.0556. The van der Waals surface area contributed by atoms with Gasteiger partial charge in [0.05, 0.1) is 28.3 Å². The molecule has 7 heteroatoms. The van der Waals surface area contributed by atoms with Gasteiger partial charge in [-0.15, -0.1) is 0 Å². The third-order valence-electron chi connectivity index (χ3n) is 3.73. The molecule has 3 rings (SSSR count). The molecule has 0 saturated carbocycles. The van der Waals surface area contributed by atoms with E-state index < -0.39 is 4.92 Å². The quantitative estimate of drug-likeness (QED) is 0.574. The van der Waals surface area contributed by atoms with E-state index in [2.05, 4.69) is 11.7 Å². The number of hydrogen-bond acceptors (Lipinski definition) is 4. The maximum Gasteiger partial charge on any atom is 0.311 e. The Balaban J connectivity index is 2.17. The number of hydrogen-bond donors (Lipinski definition) is 1. The lowest BCUT2D eigenvalue weighted by Gasteiger charge is -2.01. The Morgan fingerprint density at radius 3 is 2.60 bits per heavy atom. The van der Waals surface area contributed by atoms with Gasteiger partial charge in [0, 0.05) is 6.07 Å². The third-order valence-corrected chi connectivity index (χ3v) is 3.73. The molecule has 0 atom stereocenters. The van der Waals surface area contributed by atoms with Crippen LogP contribution in [0.25, 0.3) is 18.3 Å². The summed E-state index contributed by atoms with van der Waals surface area (Å²) < 4.78 is 6.36. The summed E-state index contributed by atoms with van der Waals surface area (Å²) in [6, 6.07) is 13.6. The molecule has 0 aliphatic rings. The second-order valence-corrected chi connectivity index (χ2v) is 5.31. The second kappa shape index (κ2) is 6.48. The molecule has 0 spiro atoms. The van der Waals surface area contributed by atoms with Crippen LogP contribution in [0.1, 0.15) is 5.56 Å². The van der Waals surface area contributed by atoms with Crippen LogP contribution in [0.3, 0.4) is 0 Å². The number of nitrogens with one attached hydrogen (secondary N) is 1. The molecular weight excluding hydrogens is 322 g/mol. The number of nitro benzene ring substituents is 1. The van der Waals surface area contributed by atoms with E-state index in [1.807, 2.05) is 18.2 Å². The first kappa shape index (κ1) is 16.3. The van der Waals surface area contributed by atoms with Crippen LogP contribution >= 0.6 is 0 Å². The molecule has 0 fully saturated rings. The zero-order valence-electron chi connectivity index (χ0n) is 13.4. The number of H-pyrrole nitrogens is 1. The summed E-state index contributed by atoms with van der Waals surface area (Å²) in [5, 5.41) is 14.8. The highest BCUT2D eigenvalue weighted by atomic mass is 16.6. The van der Waals surface area contributed by atoms with Crippen molar-refractivity contribution in [2.24, 2.45) is 0 Å². The Hall–Kier alpha value is -3.61. The zero-order valence-corrected chi connectivity index (χ0v) is 13.4. The van der Waals surface area contributed by atoms with Gasteiger partial charge < -0.3 is 4.74 Å². The third kappa shape index (κ3) is 3.07. The minimum absolute atomic E-state index is 0.160. The summed E-state index contributed by atoms with van der Waals surface area (Å²) in [7, 11) is 1.37. The fourth-order valence-corrected chi connectivity index (χ4v) is 2.51. The van der Waals surface area contributed by atoms with Gasteiger partial charge in [0.2, 0.25) is 0 Å². The minimum Gasteiger partial charge on any atom is -0.490 e. The van der Waals surface area contributed by atoms with Crippen molar-refractivity contribution in [3.63, 3.8) is 0 Å². The lowest BCUT2D eigenvalue weighted by Crippen LogP contribution is -2.33. The summed E-state index contributed by atoms with van der Waals surface area (Å²) in [6.07, 6.45) is 1.56. The second-order valence-electron chi connectivity index (χ2n) is 5.31. The van der Waals surface area contributed by atoms with Crippen LogP contribution in [0.2, 0.25) is 0 Å². The number of para-hydroxylation sites is 1. The maximum absolute atomic E-state index is 12.6. The molecule has 126 valence electrons. The van der Waals surface area contributed by atoms with Crippen LogP contribution in [0.4, 0.5) is 5.69 Å². The van der Waals surface area contributed by atoms with Gasteiger partial charge in [-0.2, -0.15) is 0 Å². The molecule has 2 aromatic carbocycles. The molecule has 1 heterocycles. The molecule has 0 bridgehead atoms. The van der Waals surface area contributed by atoms with E-state index in [0.717, 1.165) is 0 Å². The molecule has 0 radical (unpaired) electrons. The number of aromatic nitrogens is 2. The Morgan fingerprint density at radius 1 is 1.24 bits per heavy atom. The number of ether oxygens (including phenoxy) is 1. The molecule has 3 aromatic rings. The van der Waals surface area contributed by atoms with E-state index in [-0.39, 0.29) is 17.0 Å². The fourth-order valence-electron chi connectivity index (χ4n) is 2.51. The average Bonchev–Trinajstić information content (AvgIpc) is 2.90. The van der Waals surface area contributed by atoms with Crippen LogP contribution < -0.4 is 20.9 Å². The molecular formula is C18H15N3O4. The van der Waals surface area contributed by atoms with Gasteiger partial charge in [0.25, 0.3) is 5.56 Å². The Bertz CT molecular complexity index is 1100. The molecule has 0 aliphatic carbocycles. The number of rotatable bonds is 4. The number of nitro groups is 1. The number of benzene rings is 2. The normalized spacial score (nSPS) is 11.5. The van der Waals surface area contributed by atoms with Crippen molar-refractivity contribution >= 4 is 18.3 Å². The van der Waals surface area contributed by atoms with Crippen molar-refractivity contribution in [3.05, 3.63) is 85.1 Å². The molecule has 0 amide bonds. The van der Waals surface area contributed by atoms with E-state index in [1.165, 1.54) is 23.9 Å². The SMILES string of the molecule is C=c1[nH]n(-c2ccccc2)c(=O)c1=Cc1ccc(OC)c([N+](=O)[O-])c1.